The third kappa shape index (κ3) is 4.66. The number of hydrogen-bond donors (Lipinski definition) is 3. The molecular weight excluding hydrogens is 392 g/mol. The summed E-state index contributed by atoms with van der Waals surface area (Å²) in [7, 11) is 1.58. The van der Waals surface area contributed by atoms with Gasteiger partial charge in [-0.1, -0.05) is 36.4 Å². The first kappa shape index (κ1) is 20.4. The average molecular weight is 416 g/mol. The molecule has 0 aliphatic rings. The Morgan fingerprint density at radius 1 is 1.13 bits per heavy atom. The van der Waals surface area contributed by atoms with E-state index in [1.807, 2.05) is 54.7 Å². The van der Waals surface area contributed by atoms with Crippen LogP contribution in [0.4, 0.5) is 0 Å². The van der Waals surface area contributed by atoms with E-state index in [-0.39, 0.29) is 17.9 Å². The molecule has 3 N–H and O–H groups in total. The fraction of sp³-hybridized carbons (Fsp3) is 0.208. The van der Waals surface area contributed by atoms with E-state index < -0.39 is 6.04 Å². The predicted molar refractivity (Wildman–Crippen MR) is 119 cm³/mol. The molecule has 4 rings (SSSR count). The zero-order valence-electron chi connectivity index (χ0n) is 17.4. The second kappa shape index (κ2) is 8.87. The predicted octanol–water partition coefficient (Wildman–Crippen LogP) is 3.21. The van der Waals surface area contributed by atoms with E-state index in [1.165, 1.54) is 6.07 Å². The third-order valence-corrected chi connectivity index (χ3v) is 5.21. The van der Waals surface area contributed by atoms with Crippen LogP contribution in [0.3, 0.4) is 0 Å². The van der Waals surface area contributed by atoms with Gasteiger partial charge in [0.05, 0.1) is 25.3 Å². The van der Waals surface area contributed by atoms with Gasteiger partial charge in [0, 0.05) is 35.2 Å². The smallest absolute Gasteiger partial charge is 0.251 e. The molecule has 0 saturated heterocycles. The molecule has 0 aliphatic carbocycles. The first-order chi connectivity index (χ1) is 15.0. The Labute approximate surface area is 179 Å². The van der Waals surface area contributed by atoms with Crippen molar-refractivity contribution in [2.75, 3.05) is 7.11 Å². The van der Waals surface area contributed by atoms with Crippen molar-refractivity contribution in [2.45, 2.75) is 25.8 Å². The number of aromatic nitrogens is 3. The molecule has 0 aliphatic heterocycles. The van der Waals surface area contributed by atoms with Gasteiger partial charge in [0.25, 0.3) is 5.56 Å². The molecule has 31 heavy (non-hydrogen) atoms. The summed E-state index contributed by atoms with van der Waals surface area (Å²) in [6.45, 7) is 1.73. The number of rotatable bonds is 7. The molecule has 2 aromatic carbocycles. The monoisotopic (exact) mass is 416 g/mol. The number of aromatic amines is 2. The van der Waals surface area contributed by atoms with Crippen LogP contribution >= 0.6 is 0 Å². The maximum Gasteiger partial charge on any atom is 0.251 e. The van der Waals surface area contributed by atoms with Gasteiger partial charge in [-0.25, -0.2) is 4.98 Å². The Morgan fingerprint density at radius 3 is 2.71 bits per heavy atom. The molecule has 1 atom stereocenters. The zero-order chi connectivity index (χ0) is 21.8. The summed E-state index contributed by atoms with van der Waals surface area (Å²) >= 11 is 0. The van der Waals surface area contributed by atoms with Crippen molar-refractivity contribution in [1.29, 1.82) is 0 Å². The lowest BCUT2D eigenvalue weighted by Gasteiger charge is -2.19. The molecule has 0 saturated carbocycles. The Hall–Kier alpha value is -3.87. The number of benzene rings is 2. The number of methoxy groups -OCH3 is 1. The quantitative estimate of drug-likeness (QED) is 0.431. The standard InChI is InChI=1S/C24H24N4O3/c1-15-26-21(13-24(30)27-15)20(11-17-14-25-19-9-5-4-8-18(17)19)28-23(29)12-16-7-3-6-10-22(16)31-2/h3-10,13-14,20,25H,11-12H2,1-2H3,(H,28,29)(H,26,27,30)/t20-/m1/s1. The van der Waals surface area contributed by atoms with Crippen molar-refractivity contribution in [1.82, 2.24) is 20.3 Å². The van der Waals surface area contributed by atoms with Crippen LogP contribution in [0.15, 0.2) is 65.6 Å². The van der Waals surface area contributed by atoms with E-state index in [0.29, 0.717) is 23.7 Å². The largest absolute Gasteiger partial charge is 0.496 e. The topological polar surface area (TPSA) is 99.9 Å². The van der Waals surface area contributed by atoms with Gasteiger partial charge >= 0.3 is 0 Å². The molecule has 1 amide bonds. The van der Waals surface area contributed by atoms with E-state index in [4.69, 9.17) is 4.74 Å². The number of nitrogens with zero attached hydrogens (tertiary/aromatic N) is 1. The first-order valence-electron chi connectivity index (χ1n) is 10.1. The van der Waals surface area contributed by atoms with Crippen LogP contribution in [0.5, 0.6) is 5.75 Å². The van der Waals surface area contributed by atoms with Gasteiger partial charge in [-0.3, -0.25) is 9.59 Å². The minimum atomic E-state index is -0.456. The molecule has 0 fully saturated rings. The number of ether oxygens (including phenoxy) is 1. The maximum absolute atomic E-state index is 12.9. The fourth-order valence-corrected chi connectivity index (χ4v) is 3.80. The van der Waals surface area contributed by atoms with E-state index in [1.54, 1.807) is 14.0 Å². The van der Waals surface area contributed by atoms with Crippen LogP contribution in [0.2, 0.25) is 0 Å². The summed E-state index contributed by atoms with van der Waals surface area (Å²) in [6.07, 6.45) is 2.60. The molecule has 7 heteroatoms. The van der Waals surface area contributed by atoms with Crippen molar-refractivity contribution < 1.29 is 9.53 Å². The highest BCUT2D eigenvalue weighted by molar-refractivity contribution is 5.83. The molecule has 7 nitrogen and oxygen atoms in total. The summed E-state index contributed by atoms with van der Waals surface area (Å²) in [5.74, 6) is 0.996. The Bertz CT molecular complexity index is 1280. The molecular formula is C24H24N4O3. The number of hydrogen-bond acceptors (Lipinski definition) is 4. The SMILES string of the molecule is COc1ccccc1CC(=O)N[C@H](Cc1c[nH]c2ccccc12)c1cc(=O)[nH]c(C)n1. The average Bonchev–Trinajstić information content (AvgIpc) is 3.16. The molecule has 0 spiro atoms. The molecule has 158 valence electrons. The molecule has 2 heterocycles. The number of amides is 1. The summed E-state index contributed by atoms with van der Waals surface area (Å²) < 4.78 is 5.36. The zero-order valence-corrected chi connectivity index (χ0v) is 17.4. The first-order valence-corrected chi connectivity index (χ1v) is 10.1. The van der Waals surface area contributed by atoms with Crippen LogP contribution in [0.25, 0.3) is 10.9 Å². The fourth-order valence-electron chi connectivity index (χ4n) is 3.80. The lowest BCUT2D eigenvalue weighted by atomic mass is 10.0. The van der Waals surface area contributed by atoms with Crippen LogP contribution in [0, 0.1) is 6.92 Å². The Kier molecular flexibility index (Phi) is 5.84. The highest BCUT2D eigenvalue weighted by Gasteiger charge is 2.20. The van der Waals surface area contributed by atoms with Gasteiger partial charge in [0.1, 0.15) is 11.6 Å². The lowest BCUT2D eigenvalue weighted by molar-refractivity contribution is -0.121. The van der Waals surface area contributed by atoms with E-state index in [2.05, 4.69) is 20.3 Å². The van der Waals surface area contributed by atoms with Gasteiger partial charge in [0.15, 0.2) is 0 Å². The normalized spacial score (nSPS) is 11.9. The van der Waals surface area contributed by atoms with Crippen molar-refractivity contribution in [3.8, 4) is 5.75 Å². The van der Waals surface area contributed by atoms with Crippen LogP contribution in [-0.4, -0.2) is 28.0 Å². The van der Waals surface area contributed by atoms with Crippen LogP contribution < -0.4 is 15.6 Å². The van der Waals surface area contributed by atoms with Crippen molar-refractivity contribution in [3.63, 3.8) is 0 Å². The van der Waals surface area contributed by atoms with Crippen LogP contribution in [-0.2, 0) is 17.6 Å². The number of carbonyl (C=O) groups is 1. The van der Waals surface area contributed by atoms with E-state index in [0.717, 1.165) is 22.0 Å². The second-order valence-corrected chi connectivity index (χ2v) is 7.43. The number of carbonyl (C=O) groups excluding carboxylic acids is 1. The summed E-state index contributed by atoms with van der Waals surface area (Å²) in [5.41, 5.74) is 3.14. The maximum atomic E-state index is 12.9. The number of H-pyrrole nitrogens is 2. The molecule has 0 radical (unpaired) electrons. The van der Waals surface area contributed by atoms with Crippen molar-refractivity contribution >= 4 is 16.8 Å². The van der Waals surface area contributed by atoms with Crippen molar-refractivity contribution in [3.05, 3.63) is 93.8 Å². The minimum Gasteiger partial charge on any atom is -0.496 e. The highest BCUT2D eigenvalue weighted by atomic mass is 16.5. The van der Waals surface area contributed by atoms with E-state index >= 15 is 0 Å². The van der Waals surface area contributed by atoms with Crippen molar-refractivity contribution in [2.24, 2.45) is 0 Å². The molecule has 0 bridgehead atoms. The summed E-state index contributed by atoms with van der Waals surface area (Å²) in [6, 6.07) is 16.4. The van der Waals surface area contributed by atoms with Gasteiger partial charge in [-0.15, -0.1) is 0 Å². The highest BCUT2D eigenvalue weighted by Crippen LogP contribution is 2.24. The number of nitrogens with one attached hydrogen (secondary N) is 3. The van der Waals surface area contributed by atoms with Gasteiger partial charge in [0.2, 0.25) is 5.91 Å². The lowest BCUT2D eigenvalue weighted by Crippen LogP contribution is -2.33. The molecule has 2 aromatic heterocycles. The number of para-hydroxylation sites is 2. The summed E-state index contributed by atoms with van der Waals surface area (Å²) in [5, 5.41) is 4.14. The third-order valence-electron chi connectivity index (χ3n) is 5.21. The summed E-state index contributed by atoms with van der Waals surface area (Å²) in [4.78, 5) is 35.4. The number of aryl methyl sites for hydroxylation is 1. The minimum absolute atomic E-state index is 0.163. The number of fused-ring (bicyclic) bond motifs is 1. The Balaban J connectivity index is 1.63. The molecule has 4 aromatic rings. The van der Waals surface area contributed by atoms with Gasteiger partial charge in [-0.2, -0.15) is 0 Å². The van der Waals surface area contributed by atoms with Gasteiger partial charge < -0.3 is 20.0 Å². The van der Waals surface area contributed by atoms with Crippen LogP contribution in [0.1, 0.15) is 28.7 Å². The second-order valence-electron chi connectivity index (χ2n) is 7.43. The Morgan fingerprint density at radius 2 is 1.90 bits per heavy atom. The molecule has 0 unspecified atom stereocenters. The van der Waals surface area contributed by atoms with E-state index in [9.17, 15) is 9.59 Å². The van der Waals surface area contributed by atoms with Gasteiger partial charge in [-0.05, 0) is 24.6 Å².